The maximum Gasteiger partial charge on any atom is 0.418 e. The van der Waals surface area contributed by atoms with Crippen LogP contribution < -0.4 is 0 Å². The van der Waals surface area contributed by atoms with E-state index in [0.29, 0.717) is 15.6 Å². The van der Waals surface area contributed by atoms with Crippen LogP contribution in [0.15, 0.2) is 24.4 Å². The molecule has 0 unspecified atom stereocenters. The van der Waals surface area contributed by atoms with E-state index in [1.165, 1.54) is 11.7 Å². The van der Waals surface area contributed by atoms with Crippen LogP contribution in [-0.2, 0) is 4.74 Å². The van der Waals surface area contributed by atoms with Gasteiger partial charge >= 0.3 is 6.09 Å². The predicted octanol–water partition coefficient (Wildman–Crippen LogP) is 3.56. The van der Waals surface area contributed by atoms with Crippen LogP contribution in [0.3, 0.4) is 0 Å². The lowest BCUT2D eigenvalue weighted by atomic mass is 10.2. The summed E-state index contributed by atoms with van der Waals surface area (Å²) in [5.41, 5.74) is 0.677. The molecule has 1 aromatic carbocycles. The van der Waals surface area contributed by atoms with E-state index in [0.717, 1.165) is 5.39 Å². The van der Waals surface area contributed by atoms with E-state index in [-0.39, 0.29) is 0 Å². The molecule has 0 atom stereocenters. The van der Waals surface area contributed by atoms with Gasteiger partial charge in [-0.1, -0.05) is 23.2 Å². The summed E-state index contributed by atoms with van der Waals surface area (Å²) in [5.74, 6) is 0. The molecule has 0 aliphatic carbocycles. The second-order valence-electron chi connectivity index (χ2n) is 2.95. The Morgan fingerprint density at radius 2 is 2.07 bits per heavy atom. The molecule has 0 radical (unpaired) electrons. The minimum Gasteiger partial charge on any atom is -0.452 e. The van der Waals surface area contributed by atoms with E-state index in [9.17, 15) is 4.79 Å². The molecule has 0 aliphatic heterocycles. The monoisotopic (exact) mass is 243 g/mol. The quantitative estimate of drug-likeness (QED) is 0.709. The van der Waals surface area contributed by atoms with E-state index in [2.05, 4.69) is 4.74 Å². The lowest BCUT2D eigenvalue weighted by Gasteiger charge is -2.02. The number of hydrogen-bond acceptors (Lipinski definition) is 2. The van der Waals surface area contributed by atoms with Gasteiger partial charge in [0.2, 0.25) is 0 Å². The first-order valence-corrected chi connectivity index (χ1v) is 4.94. The van der Waals surface area contributed by atoms with Crippen LogP contribution >= 0.6 is 23.2 Å². The molecular formula is C10H7Cl2NO2. The van der Waals surface area contributed by atoms with Crippen molar-refractivity contribution >= 4 is 40.2 Å². The maximum absolute atomic E-state index is 11.3. The van der Waals surface area contributed by atoms with E-state index < -0.39 is 6.09 Å². The van der Waals surface area contributed by atoms with Crippen LogP contribution in [0, 0.1) is 0 Å². The molecule has 5 heteroatoms. The fraction of sp³-hybridized carbons (Fsp3) is 0.100. The zero-order chi connectivity index (χ0) is 11.0. The number of methoxy groups -OCH3 is 1. The minimum absolute atomic E-state index is 0.441. The van der Waals surface area contributed by atoms with E-state index in [4.69, 9.17) is 23.2 Å². The first kappa shape index (κ1) is 10.3. The molecule has 0 N–H and O–H groups in total. The summed E-state index contributed by atoms with van der Waals surface area (Å²) in [6.45, 7) is 0. The molecule has 0 spiro atoms. The number of ether oxygens (including phenoxy) is 1. The van der Waals surface area contributed by atoms with Crippen molar-refractivity contribution in [3.8, 4) is 0 Å². The average molecular weight is 244 g/mol. The first-order chi connectivity index (χ1) is 7.15. The number of halogens is 2. The van der Waals surface area contributed by atoms with Gasteiger partial charge in [-0.05, 0) is 18.2 Å². The highest BCUT2D eigenvalue weighted by Gasteiger charge is 2.11. The highest BCUT2D eigenvalue weighted by molar-refractivity contribution is 6.45. The Morgan fingerprint density at radius 1 is 1.33 bits per heavy atom. The van der Waals surface area contributed by atoms with Crippen LogP contribution in [0.4, 0.5) is 4.79 Å². The molecular weight excluding hydrogens is 237 g/mol. The molecule has 1 heterocycles. The average Bonchev–Trinajstić information content (AvgIpc) is 2.66. The van der Waals surface area contributed by atoms with Crippen LogP contribution in [-0.4, -0.2) is 17.8 Å². The van der Waals surface area contributed by atoms with Crippen LogP contribution in [0.25, 0.3) is 10.9 Å². The minimum atomic E-state index is -0.455. The summed E-state index contributed by atoms with van der Waals surface area (Å²) in [4.78, 5) is 11.3. The molecule has 2 rings (SSSR count). The zero-order valence-electron chi connectivity index (χ0n) is 7.83. The standard InChI is InChI=1S/C10H7Cl2NO2/c1-15-10(14)13-5-4-6-8(13)3-2-7(11)9(6)12/h2-5H,1H3. The van der Waals surface area contributed by atoms with Crippen molar-refractivity contribution < 1.29 is 9.53 Å². The van der Waals surface area contributed by atoms with Gasteiger partial charge in [0, 0.05) is 11.6 Å². The number of fused-ring (bicyclic) bond motifs is 1. The third-order valence-electron chi connectivity index (χ3n) is 2.13. The number of hydrogen-bond donors (Lipinski definition) is 0. The fourth-order valence-corrected chi connectivity index (χ4v) is 1.80. The van der Waals surface area contributed by atoms with Crippen LogP contribution in [0.1, 0.15) is 0 Å². The molecule has 0 fully saturated rings. The van der Waals surface area contributed by atoms with Crippen LogP contribution in [0.5, 0.6) is 0 Å². The third kappa shape index (κ3) is 1.58. The first-order valence-electron chi connectivity index (χ1n) is 4.18. The maximum atomic E-state index is 11.3. The number of aromatic nitrogens is 1. The van der Waals surface area contributed by atoms with Crippen molar-refractivity contribution in [2.45, 2.75) is 0 Å². The summed E-state index contributed by atoms with van der Waals surface area (Å²) in [5, 5.41) is 1.64. The molecule has 0 aliphatic rings. The summed E-state index contributed by atoms with van der Waals surface area (Å²) in [6.07, 6.45) is 1.14. The molecule has 0 bridgehead atoms. The van der Waals surface area contributed by atoms with Gasteiger partial charge in [0.1, 0.15) is 0 Å². The Bertz CT molecular complexity index is 533. The largest absolute Gasteiger partial charge is 0.452 e. The number of rotatable bonds is 0. The van der Waals surface area contributed by atoms with Gasteiger partial charge in [0.25, 0.3) is 0 Å². The highest BCUT2D eigenvalue weighted by Crippen LogP contribution is 2.31. The van der Waals surface area contributed by atoms with Crippen molar-refractivity contribution in [1.82, 2.24) is 4.57 Å². The molecule has 1 aromatic heterocycles. The van der Waals surface area contributed by atoms with Crippen molar-refractivity contribution in [2.24, 2.45) is 0 Å². The fourth-order valence-electron chi connectivity index (χ4n) is 1.41. The molecule has 3 nitrogen and oxygen atoms in total. The summed E-state index contributed by atoms with van der Waals surface area (Å²) < 4.78 is 5.99. The van der Waals surface area contributed by atoms with Crippen molar-refractivity contribution in [3.05, 3.63) is 34.4 Å². The van der Waals surface area contributed by atoms with Gasteiger partial charge in [-0.2, -0.15) is 0 Å². The zero-order valence-corrected chi connectivity index (χ0v) is 9.34. The van der Waals surface area contributed by atoms with Crippen LogP contribution in [0.2, 0.25) is 10.0 Å². The molecule has 15 heavy (non-hydrogen) atoms. The van der Waals surface area contributed by atoms with Gasteiger partial charge in [0.05, 0.1) is 22.7 Å². The predicted molar refractivity (Wildman–Crippen MR) is 59.8 cm³/mol. The van der Waals surface area contributed by atoms with Gasteiger partial charge in [0.15, 0.2) is 0 Å². The van der Waals surface area contributed by atoms with Crippen molar-refractivity contribution in [1.29, 1.82) is 0 Å². The second-order valence-corrected chi connectivity index (χ2v) is 3.74. The topological polar surface area (TPSA) is 31.2 Å². The summed E-state index contributed by atoms with van der Waals surface area (Å²) in [7, 11) is 1.33. The Kier molecular flexibility index (Phi) is 2.59. The molecule has 78 valence electrons. The number of carbonyl (C=O) groups is 1. The molecule has 0 saturated carbocycles. The Hall–Kier alpha value is -1.19. The van der Waals surface area contributed by atoms with Gasteiger partial charge in [-0.25, -0.2) is 4.79 Å². The second kappa shape index (κ2) is 3.76. The smallest absolute Gasteiger partial charge is 0.418 e. The molecule has 2 aromatic rings. The normalized spacial score (nSPS) is 10.6. The summed E-state index contributed by atoms with van der Waals surface area (Å²) in [6, 6.07) is 5.09. The molecule has 0 saturated heterocycles. The number of carbonyl (C=O) groups excluding carboxylic acids is 1. The van der Waals surface area contributed by atoms with Gasteiger partial charge < -0.3 is 4.74 Å². The Labute approximate surface area is 96.1 Å². The van der Waals surface area contributed by atoms with E-state index in [1.807, 2.05) is 0 Å². The number of nitrogens with zero attached hydrogens (tertiary/aromatic N) is 1. The summed E-state index contributed by atoms with van der Waals surface area (Å²) >= 11 is 11.8. The third-order valence-corrected chi connectivity index (χ3v) is 2.95. The van der Waals surface area contributed by atoms with E-state index >= 15 is 0 Å². The SMILES string of the molecule is COC(=O)n1ccc2c(Cl)c(Cl)ccc21. The van der Waals surface area contributed by atoms with Gasteiger partial charge in [-0.15, -0.1) is 0 Å². The molecule has 0 amide bonds. The van der Waals surface area contributed by atoms with Crippen molar-refractivity contribution in [3.63, 3.8) is 0 Å². The highest BCUT2D eigenvalue weighted by atomic mass is 35.5. The van der Waals surface area contributed by atoms with Gasteiger partial charge in [-0.3, -0.25) is 4.57 Å². The Morgan fingerprint density at radius 3 is 2.73 bits per heavy atom. The number of benzene rings is 1. The lowest BCUT2D eigenvalue weighted by molar-refractivity contribution is 0.174. The Balaban J connectivity index is 2.72. The van der Waals surface area contributed by atoms with Crippen molar-refractivity contribution in [2.75, 3.05) is 7.11 Å². The lowest BCUT2D eigenvalue weighted by Crippen LogP contribution is -2.09. The van der Waals surface area contributed by atoms with E-state index in [1.54, 1.807) is 24.4 Å².